The first-order chi connectivity index (χ1) is 8.58. The van der Waals surface area contributed by atoms with Crippen molar-refractivity contribution in [2.45, 2.75) is 20.0 Å². The third-order valence-electron chi connectivity index (χ3n) is 2.91. The largest absolute Gasteiger partial charge is 0.508 e. The second-order valence-electron chi connectivity index (χ2n) is 4.38. The van der Waals surface area contributed by atoms with Crippen LogP contribution in [0.2, 0.25) is 0 Å². The van der Waals surface area contributed by atoms with Gasteiger partial charge in [0.1, 0.15) is 5.75 Å². The molecule has 0 saturated carbocycles. The lowest BCUT2D eigenvalue weighted by Crippen LogP contribution is -2.39. The summed E-state index contributed by atoms with van der Waals surface area (Å²) in [6, 6.07) is 3.37. The van der Waals surface area contributed by atoms with E-state index in [1.165, 1.54) is 0 Å². The number of nitrogens with one attached hydrogen (secondary N) is 1. The van der Waals surface area contributed by atoms with E-state index < -0.39 is 6.10 Å². The highest BCUT2D eigenvalue weighted by molar-refractivity contribution is 5.95. The quantitative estimate of drug-likeness (QED) is 0.779. The zero-order chi connectivity index (χ0) is 13.1. The van der Waals surface area contributed by atoms with Gasteiger partial charge in [-0.15, -0.1) is 0 Å². The fourth-order valence-electron chi connectivity index (χ4n) is 1.79. The summed E-state index contributed by atoms with van der Waals surface area (Å²) < 4.78 is 10.5. The Balaban J connectivity index is 2.08. The fourth-order valence-corrected chi connectivity index (χ4v) is 1.79. The molecule has 1 saturated heterocycles. The van der Waals surface area contributed by atoms with Crippen LogP contribution in [0.4, 0.5) is 5.69 Å². The summed E-state index contributed by atoms with van der Waals surface area (Å²) in [4.78, 5) is 11.9. The molecule has 2 N–H and O–H groups in total. The maximum Gasteiger partial charge on any atom is 0.255 e. The van der Waals surface area contributed by atoms with Gasteiger partial charge in [0.25, 0.3) is 5.91 Å². The molecule has 5 nitrogen and oxygen atoms in total. The standard InChI is InChI=1S/C13H17NO4/c1-8-6-11(15)9(2)5-10(8)14-13(16)12-7-17-3-4-18-12/h5-6,12,15H,3-4,7H2,1-2H3,(H,14,16). The Kier molecular flexibility index (Phi) is 3.84. The minimum absolute atomic E-state index is 0.220. The van der Waals surface area contributed by atoms with Crippen LogP contribution in [0.3, 0.4) is 0 Å². The third-order valence-corrected chi connectivity index (χ3v) is 2.91. The van der Waals surface area contributed by atoms with Crippen molar-refractivity contribution in [3.63, 3.8) is 0 Å². The molecule has 1 atom stereocenters. The normalized spacial score (nSPS) is 19.6. The maximum absolute atomic E-state index is 11.9. The molecule has 5 heteroatoms. The number of carbonyl (C=O) groups excluding carboxylic acids is 1. The molecule has 0 radical (unpaired) electrons. The number of phenols is 1. The number of aromatic hydroxyl groups is 1. The summed E-state index contributed by atoms with van der Waals surface area (Å²) in [5.74, 6) is 0.00522. The minimum Gasteiger partial charge on any atom is -0.508 e. The number of hydrogen-bond donors (Lipinski definition) is 2. The van der Waals surface area contributed by atoms with Gasteiger partial charge in [-0.25, -0.2) is 0 Å². The van der Waals surface area contributed by atoms with Crippen molar-refractivity contribution in [2.75, 3.05) is 25.1 Å². The number of rotatable bonds is 2. The number of ether oxygens (including phenoxy) is 2. The van der Waals surface area contributed by atoms with Crippen LogP contribution < -0.4 is 5.32 Å². The van der Waals surface area contributed by atoms with E-state index in [4.69, 9.17) is 9.47 Å². The number of phenolic OH excluding ortho intramolecular Hbond substituents is 1. The van der Waals surface area contributed by atoms with Crippen LogP contribution in [0.15, 0.2) is 12.1 Å². The number of carbonyl (C=O) groups is 1. The van der Waals surface area contributed by atoms with Gasteiger partial charge in [-0.1, -0.05) is 0 Å². The van der Waals surface area contributed by atoms with Gasteiger partial charge < -0.3 is 19.9 Å². The molecule has 1 fully saturated rings. The fraction of sp³-hybridized carbons (Fsp3) is 0.462. The summed E-state index contributed by atoms with van der Waals surface area (Å²) in [7, 11) is 0. The predicted octanol–water partition coefficient (Wildman–Crippen LogP) is 1.36. The van der Waals surface area contributed by atoms with Crippen molar-refractivity contribution in [2.24, 2.45) is 0 Å². The van der Waals surface area contributed by atoms with Crippen LogP contribution in [0.1, 0.15) is 11.1 Å². The molecule has 0 aromatic heterocycles. The average Bonchev–Trinajstić information content (AvgIpc) is 2.37. The zero-order valence-corrected chi connectivity index (χ0v) is 10.5. The molecule has 1 amide bonds. The number of aryl methyl sites for hydroxylation is 2. The summed E-state index contributed by atoms with van der Waals surface area (Å²) in [5, 5.41) is 12.3. The van der Waals surface area contributed by atoms with E-state index >= 15 is 0 Å². The van der Waals surface area contributed by atoms with Crippen LogP contribution in [0.25, 0.3) is 0 Å². The number of amides is 1. The second-order valence-corrected chi connectivity index (χ2v) is 4.38. The van der Waals surface area contributed by atoms with Gasteiger partial charge in [-0.05, 0) is 37.1 Å². The van der Waals surface area contributed by atoms with E-state index in [-0.39, 0.29) is 18.3 Å². The lowest BCUT2D eigenvalue weighted by Gasteiger charge is -2.22. The van der Waals surface area contributed by atoms with E-state index in [1.807, 2.05) is 6.92 Å². The van der Waals surface area contributed by atoms with Crippen LogP contribution in [-0.2, 0) is 14.3 Å². The van der Waals surface area contributed by atoms with Crippen molar-refractivity contribution in [3.8, 4) is 5.75 Å². The number of hydrogen-bond acceptors (Lipinski definition) is 4. The van der Waals surface area contributed by atoms with Crippen LogP contribution in [0.5, 0.6) is 5.75 Å². The zero-order valence-electron chi connectivity index (χ0n) is 10.5. The van der Waals surface area contributed by atoms with Gasteiger partial charge in [-0.3, -0.25) is 4.79 Å². The van der Waals surface area contributed by atoms with E-state index in [9.17, 15) is 9.90 Å². The highest BCUT2D eigenvalue weighted by Gasteiger charge is 2.23. The van der Waals surface area contributed by atoms with E-state index in [0.717, 1.165) is 11.1 Å². The molecule has 1 aliphatic rings. The minimum atomic E-state index is -0.563. The van der Waals surface area contributed by atoms with Gasteiger partial charge in [0.05, 0.1) is 19.8 Å². The predicted molar refractivity (Wildman–Crippen MR) is 66.8 cm³/mol. The molecular formula is C13H17NO4. The molecule has 18 heavy (non-hydrogen) atoms. The molecule has 1 unspecified atom stereocenters. The highest BCUT2D eigenvalue weighted by atomic mass is 16.6. The first-order valence-corrected chi connectivity index (χ1v) is 5.88. The Morgan fingerprint density at radius 1 is 1.33 bits per heavy atom. The topological polar surface area (TPSA) is 67.8 Å². The van der Waals surface area contributed by atoms with Crippen molar-refractivity contribution < 1.29 is 19.4 Å². The smallest absolute Gasteiger partial charge is 0.255 e. The Labute approximate surface area is 106 Å². The Hall–Kier alpha value is -1.59. The van der Waals surface area contributed by atoms with E-state index in [2.05, 4.69) is 5.32 Å². The lowest BCUT2D eigenvalue weighted by atomic mass is 10.1. The molecule has 1 aromatic carbocycles. The molecule has 0 spiro atoms. The monoisotopic (exact) mass is 251 g/mol. The van der Waals surface area contributed by atoms with Crippen molar-refractivity contribution in [3.05, 3.63) is 23.3 Å². The molecule has 0 bridgehead atoms. The first-order valence-electron chi connectivity index (χ1n) is 5.88. The van der Waals surface area contributed by atoms with Gasteiger partial charge in [0.15, 0.2) is 6.10 Å². The lowest BCUT2D eigenvalue weighted by molar-refractivity contribution is -0.142. The second kappa shape index (κ2) is 5.37. The first kappa shape index (κ1) is 12.9. The van der Waals surface area contributed by atoms with Gasteiger partial charge in [0.2, 0.25) is 0 Å². The van der Waals surface area contributed by atoms with Crippen molar-refractivity contribution >= 4 is 11.6 Å². The van der Waals surface area contributed by atoms with Gasteiger partial charge in [0, 0.05) is 5.69 Å². The van der Waals surface area contributed by atoms with E-state index in [0.29, 0.717) is 18.9 Å². The van der Waals surface area contributed by atoms with Crippen LogP contribution in [0, 0.1) is 13.8 Å². The van der Waals surface area contributed by atoms with Crippen LogP contribution >= 0.6 is 0 Å². The highest BCUT2D eigenvalue weighted by Crippen LogP contribution is 2.25. The summed E-state index contributed by atoms with van der Waals surface area (Å²) in [6.45, 7) is 4.85. The average molecular weight is 251 g/mol. The molecule has 2 rings (SSSR count). The van der Waals surface area contributed by atoms with E-state index in [1.54, 1.807) is 19.1 Å². The molecule has 98 valence electrons. The molecule has 1 aromatic rings. The summed E-state index contributed by atoms with van der Waals surface area (Å²) in [6.07, 6.45) is -0.563. The van der Waals surface area contributed by atoms with Gasteiger partial charge >= 0.3 is 0 Å². The Bertz CT molecular complexity index is 453. The Morgan fingerprint density at radius 2 is 2.11 bits per heavy atom. The van der Waals surface area contributed by atoms with Crippen LogP contribution in [-0.4, -0.2) is 36.9 Å². The van der Waals surface area contributed by atoms with Crippen molar-refractivity contribution in [1.29, 1.82) is 0 Å². The third kappa shape index (κ3) is 2.80. The molecule has 1 heterocycles. The maximum atomic E-state index is 11.9. The molecule has 1 aliphatic heterocycles. The summed E-state index contributed by atoms with van der Waals surface area (Å²) >= 11 is 0. The number of benzene rings is 1. The SMILES string of the molecule is Cc1cc(NC(=O)C2COCCO2)c(C)cc1O. The van der Waals surface area contributed by atoms with Crippen molar-refractivity contribution in [1.82, 2.24) is 0 Å². The number of anilines is 1. The molecule has 0 aliphatic carbocycles. The molecular weight excluding hydrogens is 234 g/mol. The Morgan fingerprint density at radius 3 is 2.78 bits per heavy atom. The summed E-state index contributed by atoms with van der Waals surface area (Å²) in [5.41, 5.74) is 2.21. The van der Waals surface area contributed by atoms with Gasteiger partial charge in [-0.2, -0.15) is 0 Å².